The molecule has 1 heterocycles. The number of likely N-dealkylation sites (tertiary alicyclic amines) is 1. The lowest BCUT2D eigenvalue weighted by Crippen LogP contribution is -2.38. The summed E-state index contributed by atoms with van der Waals surface area (Å²) in [5.41, 5.74) is 0. The van der Waals surface area contributed by atoms with Crippen LogP contribution in [0.15, 0.2) is 12.3 Å². The maximum Gasteiger partial charge on any atom is 0.306 e. The Labute approximate surface area is 325 Å². The molecule has 0 bridgehead atoms. The fourth-order valence-electron chi connectivity index (χ4n) is 8.33. The number of esters is 1. The Kier molecular flexibility index (Phi) is 34.7. The van der Waals surface area contributed by atoms with Gasteiger partial charge in [0.05, 0.1) is 19.0 Å². The smallest absolute Gasteiger partial charge is 0.306 e. The second kappa shape index (κ2) is 36.9. The van der Waals surface area contributed by atoms with Crippen LogP contribution in [0.5, 0.6) is 0 Å². The highest BCUT2D eigenvalue weighted by atomic mass is 16.5. The van der Waals surface area contributed by atoms with Crippen LogP contribution in [-0.2, 0) is 14.3 Å². The van der Waals surface area contributed by atoms with Crippen LogP contribution in [-0.4, -0.2) is 53.9 Å². The minimum Gasteiger partial charge on any atom is -0.499 e. The van der Waals surface area contributed by atoms with Crippen molar-refractivity contribution >= 4 is 5.97 Å². The van der Waals surface area contributed by atoms with Gasteiger partial charge in [0.1, 0.15) is 6.10 Å². The van der Waals surface area contributed by atoms with Gasteiger partial charge in [0.2, 0.25) is 0 Å². The number of nitrogens with zero attached hydrogens (tertiary/aromatic N) is 1. The van der Waals surface area contributed by atoms with E-state index in [-0.39, 0.29) is 18.7 Å². The molecular formula is C47H91NO4. The largest absolute Gasteiger partial charge is 0.499 e. The lowest BCUT2D eigenvalue weighted by Gasteiger charge is -2.30. The van der Waals surface area contributed by atoms with E-state index in [4.69, 9.17) is 9.47 Å². The normalized spacial score (nSPS) is 16.2. The van der Waals surface area contributed by atoms with Gasteiger partial charge in [0.25, 0.3) is 0 Å². The van der Waals surface area contributed by atoms with E-state index in [0.29, 0.717) is 18.5 Å². The van der Waals surface area contributed by atoms with Crippen molar-refractivity contribution in [1.82, 2.24) is 4.90 Å². The van der Waals surface area contributed by atoms with Crippen molar-refractivity contribution in [1.29, 1.82) is 0 Å². The summed E-state index contributed by atoms with van der Waals surface area (Å²) < 4.78 is 12.0. The average Bonchev–Trinajstić information content (AvgIpc) is 3.52. The van der Waals surface area contributed by atoms with Crippen LogP contribution in [0.4, 0.5) is 0 Å². The third-order valence-electron chi connectivity index (χ3n) is 11.7. The molecule has 1 rings (SSSR count). The molecular weight excluding hydrogens is 643 g/mol. The van der Waals surface area contributed by atoms with E-state index >= 15 is 0 Å². The zero-order chi connectivity index (χ0) is 37.7. The number of ether oxygens (including phenoxy) is 2. The Morgan fingerprint density at radius 3 is 1.54 bits per heavy atom. The Morgan fingerprint density at radius 2 is 1.02 bits per heavy atom. The molecule has 0 amide bonds. The van der Waals surface area contributed by atoms with E-state index < -0.39 is 0 Å². The predicted octanol–water partition coefficient (Wildman–Crippen LogP) is 14.2. The highest BCUT2D eigenvalue weighted by molar-refractivity contribution is 5.69. The number of hydrogen-bond donors (Lipinski definition) is 1. The lowest BCUT2D eigenvalue weighted by atomic mass is 10.0. The topological polar surface area (TPSA) is 59.0 Å². The van der Waals surface area contributed by atoms with Gasteiger partial charge in [0, 0.05) is 31.5 Å². The van der Waals surface area contributed by atoms with Gasteiger partial charge in [-0.2, -0.15) is 0 Å². The first kappa shape index (κ1) is 48.9. The Hall–Kier alpha value is -1.07. The third kappa shape index (κ3) is 28.4. The van der Waals surface area contributed by atoms with E-state index in [1.807, 2.05) is 0 Å². The maximum atomic E-state index is 12.8. The molecule has 308 valence electrons. The van der Waals surface area contributed by atoms with Gasteiger partial charge >= 0.3 is 5.97 Å². The molecule has 5 heteroatoms. The van der Waals surface area contributed by atoms with Crippen LogP contribution >= 0.6 is 0 Å². The van der Waals surface area contributed by atoms with E-state index in [1.165, 1.54) is 173 Å². The molecule has 2 atom stereocenters. The molecule has 0 radical (unpaired) electrons. The first-order chi connectivity index (χ1) is 25.5. The van der Waals surface area contributed by atoms with Crippen molar-refractivity contribution in [3.05, 3.63) is 12.3 Å². The zero-order valence-electron chi connectivity index (χ0n) is 35.4. The number of carbonyl (C=O) groups excluding carboxylic acids is 1. The molecule has 0 aromatic rings. The highest BCUT2D eigenvalue weighted by Gasteiger charge is 2.31. The van der Waals surface area contributed by atoms with Crippen LogP contribution in [0.25, 0.3) is 0 Å². The number of rotatable bonds is 40. The van der Waals surface area contributed by atoms with Crippen LogP contribution < -0.4 is 0 Å². The Morgan fingerprint density at radius 1 is 0.596 bits per heavy atom. The fourth-order valence-corrected chi connectivity index (χ4v) is 8.33. The number of unbranched alkanes of at least 4 members (excludes halogenated alkanes) is 22. The summed E-state index contributed by atoms with van der Waals surface area (Å²) in [6.07, 6.45) is 43.0. The van der Waals surface area contributed by atoms with Crippen LogP contribution in [0, 0.1) is 0 Å². The molecule has 0 aliphatic carbocycles. The van der Waals surface area contributed by atoms with Gasteiger partial charge in [-0.1, -0.05) is 169 Å². The summed E-state index contributed by atoms with van der Waals surface area (Å²) in [5.74, 6) is 0.995. The highest BCUT2D eigenvalue weighted by Crippen LogP contribution is 2.31. The number of β-amino-alcohol motifs (C(OH)–C–C–N with tert-alkyl or cyclic N) is 1. The average molecular weight is 734 g/mol. The van der Waals surface area contributed by atoms with Gasteiger partial charge in [-0.15, -0.1) is 0 Å². The second-order valence-electron chi connectivity index (χ2n) is 16.5. The minimum atomic E-state index is 0.0312. The van der Waals surface area contributed by atoms with Crippen LogP contribution in [0.2, 0.25) is 0 Å². The lowest BCUT2D eigenvalue weighted by molar-refractivity contribution is -0.150. The van der Waals surface area contributed by atoms with Gasteiger partial charge < -0.3 is 14.6 Å². The first-order valence-corrected chi connectivity index (χ1v) is 23.4. The van der Waals surface area contributed by atoms with Crippen molar-refractivity contribution in [3.63, 3.8) is 0 Å². The molecule has 1 fully saturated rings. The Bertz CT molecular complexity index is 771. The molecule has 1 N–H and O–H groups in total. The molecule has 0 aromatic carbocycles. The van der Waals surface area contributed by atoms with Crippen molar-refractivity contribution in [2.75, 3.05) is 19.8 Å². The van der Waals surface area contributed by atoms with Crippen molar-refractivity contribution in [2.45, 2.75) is 264 Å². The SMILES string of the molecule is C=C(CCCCC1CCC(CCCCCCC(=O)OC(CCCCCCCC)CCCCCCCC)N1CCO)OCCCCCCCCCCC. The third-order valence-corrected chi connectivity index (χ3v) is 11.7. The predicted molar refractivity (Wildman–Crippen MR) is 225 cm³/mol. The molecule has 0 saturated carbocycles. The minimum absolute atomic E-state index is 0.0312. The quantitative estimate of drug-likeness (QED) is 0.0386. The summed E-state index contributed by atoms with van der Waals surface area (Å²) in [6.45, 7) is 12.9. The molecule has 0 aromatic heterocycles. The first-order valence-electron chi connectivity index (χ1n) is 23.4. The molecule has 1 saturated heterocycles. The molecule has 0 spiro atoms. The molecule has 5 nitrogen and oxygen atoms in total. The number of carbonyl (C=O) groups is 1. The van der Waals surface area contributed by atoms with E-state index in [0.717, 1.165) is 63.9 Å². The van der Waals surface area contributed by atoms with Crippen LogP contribution in [0.3, 0.4) is 0 Å². The van der Waals surface area contributed by atoms with E-state index in [1.54, 1.807) is 0 Å². The van der Waals surface area contributed by atoms with Crippen LogP contribution in [0.1, 0.15) is 245 Å². The summed E-state index contributed by atoms with van der Waals surface area (Å²) >= 11 is 0. The number of hydrogen-bond acceptors (Lipinski definition) is 5. The number of aliphatic hydroxyl groups excluding tert-OH is 1. The monoisotopic (exact) mass is 734 g/mol. The molecule has 2 unspecified atom stereocenters. The fraction of sp³-hybridized carbons (Fsp3) is 0.936. The molecule has 52 heavy (non-hydrogen) atoms. The van der Waals surface area contributed by atoms with Gasteiger partial charge in [-0.3, -0.25) is 9.69 Å². The van der Waals surface area contributed by atoms with E-state index in [2.05, 4.69) is 32.3 Å². The number of aliphatic hydroxyl groups is 1. The summed E-state index contributed by atoms with van der Waals surface area (Å²) in [4.78, 5) is 15.4. The van der Waals surface area contributed by atoms with Crippen molar-refractivity contribution < 1.29 is 19.4 Å². The van der Waals surface area contributed by atoms with Gasteiger partial charge in [-0.25, -0.2) is 0 Å². The second-order valence-corrected chi connectivity index (χ2v) is 16.5. The van der Waals surface area contributed by atoms with Gasteiger partial charge in [0.15, 0.2) is 0 Å². The summed E-state index contributed by atoms with van der Waals surface area (Å²) in [6, 6.07) is 1.20. The Balaban J connectivity index is 2.20. The molecule has 1 aliphatic heterocycles. The zero-order valence-corrected chi connectivity index (χ0v) is 35.4. The van der Waals surface area contributed by atoms with Gasteiger partial charge in [-0.05, 0) is 70.6 Å². The van der Waals surface area contributed by atoms with Crippen molar-refractivity contribution in [3.8, 4) is 0 Å². The summed E-state index contributed by atoms with van der Waals surface area (Å²) in [5, 5.41) is 9.83. The van der Waals surface area contributed by atoms with Crippen molar-refractivity contribution in [2.24, 2.45) is 0 Å². The summed E-state index contributed by atoms with van der Waals surface area (Å²) in [7, 11) is 0. The van der Waals surface area contributed by atoms with E-state index in [9.17, 15) is 9.90 Å². The maximum absolute atomic E-state index is 12.8. The standard InChI is InChI=1S/C47H91NO4/c1-5-8-11-14-17-18-19-24-31-42-51-43(4)32-29-30-34-45-39-38-44(48(45)40-41-49)33-25-22-23-28-37-47(50)52-46(35-26-20-15-12-9-6-2)36-27-21-16-13-10-7-3/h44-46,49H,4-42H2,1-3H3. The molecule has 1 aliphatic rings. The number of allylic oxidation sites excluding steroid dienone is 1.